The molecule has 0 N–H and O–H groups in total. The average Bonchev–Trinajstić information content (AvgIpc) is 2.70. The van der Waals surface area contributed by atoms with Gasteiger partial charge in [0.2, 0.25) is 0 Å². The molecule has 0 radical (unpaired) electrons. The van der Waals surface area contributed by atoms with Crippen LogP contribution in [0, 0.1) is 0 Å². The van der Waals surface area contributed by atoms with Crippen molar-refractivity contribution < 1.29 is 14.4 Å². The van der Waals surface area contributed by atoms with Gasteiger partial charge in [-0.15, -0.1) is 0 Å². The summed E-state index contributed by atoms with van der Waals surface area (Å²) in [7, 11) is 3.15. The summed E-state index contributed by atoms with van der Waals surface area (Å²) in [6, 6.07) is 3.20. The van der Waals surface area contributed by atoms with Crippen molar-refractivity contribution in [2.45, 2.75) is 6.54 Å². The van der Waals surface area contributed by atoms with E-state index in [-0.39, 0.29) is 17.7 Å². The molecule has 86 valence electrons. The molecule has 0 saturated heterocycles. The van der Waals surface area contributed by atoms with E-state index in [4.69, 9.17) is 0 Å². The molecule has 0 saturated carbocycles. The van der Waals surface area contributed by atoms with Crippen molar-refractivity contribution >= 4 is 17.7 Å². The summed E-state index contributed by atoms with van der Waals surface area (Å²) in [6.07, 6.45) is 0. The molecule has 1 aromatic rings. The Kier molecular flexibility index (Phi) is 1.73. The normalized spacial score (nSPS) is 17.9. The first-order valence-corrected chi connectivity index (χ1v) is 5.25. The molecule has 0 aliphatic carbocycles. The maximum atomic E-state index is 11.8. The fourth-order valence-corrected chi connectivity index (χ4v) is 2.31. The Morgan fingerprint density at radius 3 is 2.12 bits per heavy atom. The molecule has 3 rings (SSSR count). The molecular formula is C12H10N2O3. The van der Waals surface area contributed by atoms with Crippen LogP contribution in [0.1, 0.15) is 36.6 Å². The quantitative estimate of drug-likeness (QED) is 0.610. The summed E-state index contributed by atoms with van der Waals surface area (Å²) in [4.78, 5) is 38.0. The number of imide groups is 1. The van der Waals surface area contributed by atoms with E-state index in [2.05, 4.69) is 0 Å². The summed E-state index contributed by atoms with van der Waals surface area (Å²) < 4.78 is 0. The predicted octanol–water partition coefficient (Wildman–Crippen LogP) is 0.498. The van der Waals surface area contributed by atoms with Crippen LogP contribution in [0.4, 0.5) is 0 Å². The zero-order valence-electron chi connectivity index (χ0n) is 9.48. The number of amides is 3. The SMILES string of the molecule is CN1Cc2cc3c(cc2C1=O)C(=O)N(C)C3=O. The third kappa shape index (κ3) is 1.11. The molecule has 5 heteroatoms. The first-order chi connectivity index (χ1) is 8.00. The minimum atomic E-state index is -0.338. The molecule has 2 heterocycles. The molecule has 2 aliphatic heterocycles. The summed E-state index contributed by atoms with van der Waals surface area (Å²) in [5.74, 6) is -0.734. The Bertz CT molecular complexity index is 592. The molecule has 0 fully saturated rings. The van der Waals surface area contributed by atoms with E-state index in [0.717, 1.165) is 10.5 Å². The van der Waals surface area contributed by atoms with Crippen LogP contribution in [0.5, 0.6) is 0 Å². The van der Waals surface area contributed by atoms with E-state index < -0.39 is 0 Å². The highest BCUT2D eigenvalue weighted by molar-refractivity contribution is 6.22. The minimum Gasteiger partial charge on any atom is -0.337 e. The summed E-state index contributed by atoms with van der Waals surface area (Å²) >= 11 is 0. The molecule has 5 nitrogen and oxygen atoms in total. The summed E-state index contributed by atoms with van der Waals surface area (Å²) in [5.41, 5.74) is 2.08. The topological polar surface area (TPSA) is 57.7 Å². The van der Waals surface area contributed by atoms with Crippen LogP contribution in [-0.2, 0) is 6.54 Å². The Hall–Kier alpha value is -2.17. The molecule has 17 heavy (non-hydrogen) atoms. The Balaban J connectivity index is 2.24. The first-order valence-electron chi connectivity index (χ1n) is 5.25. The lowest BCUT2D eigenvalue weighted by Crippen LogP contribution is -2.24. The van der Waals surface area contributed by atoms with Crippen molar-refractivity contribution in [2.75, 3.05) is 14.1 Å². The number of benzene rings is 1. The van der Waals surface area contributed by atoms with E-state index in [1.165, 1.54) is 7.05 Å². The highest BCUT2D eigenvalue weighted by atomic mass is 16.2. The van der Waals surface area contributed by atoms with Crippen LogP contribution in [0.3, 0.4) is 0 Å². The zero-order valence-corrected chi connectivity index (χ0v) is 9.48. The lowest BCUT2D eigenvalue weighted by Gasteiger charge is -2.05. The summed E-state index contributed by atoms with van der Waals surface area (Å²) in [5, 5.41) is 0. The number of hydrogen-bond donors (Lipinski definition) is 0. The number of nitrogens with zero attached hydrogens (tertiary/aromatic N) is 2. The number of hydrogen-bond acceptors (Lipinski definition) is 3. The van der Waals surface area contributed by atoms with Gasteiger partial charge in [-0.3, -0.25) is 19.3 Å². The third-order valence-corrected chi connectivity index (χ3v) is 3.30. The lowest BCUT2D eigenvalue weighted by molar-refractivity contribution is 0.0693. The van der Waals surface area contributed by atoms with Crippen LogP contribution in [-0.4, -0.2) is 41.6 Å². The number of carbonyl (C=O) groups excluding carboxylic acids is 3. The second-order valence-corrected chi connectivity index (χ2v) is 4.39. The van der Waals surface area contributed by atoms with Gasteiger partial charge in [-0.2, -0.15) is 0 Å². The van der Waals surface area contributed by atoms with Crippen LogP contribution in [0.15, 0.2) is 12.1 Å². The minimum absolute atomic E-state index is 0.0994. The highest BCUT2D eigenvalue weighted by Gasteiger charge is 2.36. The van der Waals surface area contributed by atoms with Gasteiger partial charge in [0.1, 0.15) is 0 Å². The van der Waals surface area contributed by atoms with E-state index in [1.807, 2.05) is 0 Å². The maximum absolute atomic E-state index is 11.8. The van der Waals surface area contributed by atoms with E-state index in [9.17, 15) is 14.4 Å². The Labute approximate surface area is 97.6 Å². The second kappa shape index (κ2) is 2.94. The van der Waals surface area contributed by atoms with Gasteiger partial charge in [0.15, 0.2) is 0 Å². The molecule has 1 aromatic carbocycles. The predicted molar refractivity (Wildman–Crippen MR) is 58.7 cm³/mol. The molecule has 0 bridgehead atoms. The maximum Gasteiger partial charge on any atom is 0.261 e. The van der Waals surface area contributed by atoms with Gasteiger partial charge in [-0.05, 0) is 17.7 Å². The standard InChI is InChI=1S/C12H10N2O3/c1-13-5-6-3-8-9(4-7(6)10(13)15)12(17)14(2)11(8)16/h3-4H,5H2,1-2H3. The molecule has 0 aromatic heterocycles. The lowest BCUT2D eigenvalue weighted by atomic mass is 10.0. The smallest absolute Gasteiger partial charge is 0.261 e. The molecule has 0 atom stereocenters. The first kappa shape index (κ1) is 10.0. The van der Waals surface area contributed by atoms with Gasteiger partial charge in [-0.25, -0.2) is 0 Å². The van der Waals surface area contributed by atoms with E-state index in [1.54, 1.807) is 24.1 Å². The highest BCUT2D eigenvalue weighted by Crippen LogP contribution is 2.29. The van der Waals surface area contributed by atoms with Crippen molar-refractivity contribution in [1.29, 1.82) is 0 Å². The van der Waals surface area contributed by atoms with Gasteiger partial charge in [-0.1, -0.05) is 0 Å². The van der Waals surface area contributed by atoms with E-state index >= 15 is 0 Å². The average molecular weight is 230 g/mol. The third-order valence-electron chi connectivity index (χ3n) is 3.30. The van der Waals surface area contributed by atoms with Crippen molar-refractivity contribution in [1.82, 2.24) is 9.80 Å². The van der Waals surface area contributed by atoms with Gasteiger partial charge in [0.05, 0.1) is 11.1 Å². The largest absolute Gasteiger partial charge is 0.337 e. The second-order valence-electron chi connectivity index (χ2n) is 4.39. The van der Waals surface area contributed by atoms with Gasteiger partial charge in [0, 0.05) is 26.2 Å². The van der Waals surface area contributed by atoms with E-state index in [0.29, 0.717) is 23.2 Å². The zero-order chi connectivity index (χ0) is 12.3. The van der Waals surface area contributed by atoms with Crippen LogP contribution in [0.25, 0.3) is 0 Å². The van der Waals surface area contributed by atoms with Gasteiger partial charge >= 0.3 is 0 Å². The van der Waals surface area contributed by atoms with Crippen molar-refractivity contribution in [2.24, 2.45) is 0 Å². The van der Waals surface area contributed by atoms with Crippen molar-refractivity contribution in [3.8, 4) is 0 Å². The van der Waals surface area contributed by atoms with Gasteiger partial charge in [0.25, 0.3) is 17.7 Å². The van der Waals surface area contributed by atoms with Crippen LogP contribution in [0.2, 0.25) is 0 Å². The van der Waals surface area contributed by atoms with Crippen LogP contribution < -0.4 is 0 Å². The number of fused-ring (bicyclic) bond motifs is 2. The fraction of sp³-hybridized carbons (Fsp3) is 0.250. The molecule has 0 unspecified atom stereocenters. The van der Waals surface area contributed by atoms with Crippen LogP contribution >= 0.6 is 0 Å². The fourth-order valence-electron chi connectivity index (χ4n) is 2.31. The van der Waals surface area contributed by atoms with Crippen molar-refractivity contribution in [3.05, 3.63) is 34.4 Å². The summed E-state index contributed by atoms with van der Waals surface area (Å²) in [6.45, 7) is 0.493. The Morgan fingerprint density at radius 1 is 0.882 bits per heavy atom. The molecular weight excluding hydrogens is 220 g/mol. The number of rotatable bonds is 0. The number of carbonyl (C=O) groups is 3. The molecule has 2 aliphatic rings. The molecule has 3 amide bonds. The molecule has 0 spiro atoms. The monoisotopic (exact) mass is 230 g/mol. The van der Waals surface area contributed by atoms with Gasteiger partial charge < -0.3 is 4.90 Å². The van der Waals surface area contributed by atoms with Crippen molar-refractivity contribution in [3.63, 3.8) is 0 Å². The Morgan fingerprint density at radius 2 is 1.47 bits per heavy atom.